The minimum atomic E-state index is -0.268. The predicted octanol–water partition coefficient (Wildman–Crippen LogP) is 1.16. The first-order valence-electron chi connectivity index (χ1n) is 6.96. The van der Waals surface area contributed by atoms with E-state index in [2.05, 4.69) is 17.6 Å². The summed E-state index contributed by atoms with van der Waals surface area (Å²) in [6, 6.07) is 6.59. The lowest BCUT2D eigenvalue weighted by molar-refractivity contribution is -0.120. The number of nitrogens with two attached hydrogens (primary N) is 1. The van der Waals surface area contributed by atoms with Gasteiger partial charge >= 0.3 is 0 Å². The van der Waals surface area contributed by atoms with Crippen LogP contribution in [-0.2, 0) is 4.79 Å². The Morgan fingerprint density at radius 3 is 2.50 bits per heavy atom. The molecule has 0 saturated heterocycles. The number of anilines is 1. The second-order valence-corrected chi connectivity index (χ2v) is 5.42. The Morgan fingerprint density at radius 2 is 1.90 bits per heavy atom. The molecule has 1 aromatic carbocycles. The van der Waals surface area contributed by atoms with Crippen molar-refractivity contribution in [3.05, 3.63) is 29.8 Å². The number of nitrogens with one attached hydrogen (secondary N) is 2. The van der Waals surface area contributed by atoms with Gasteiger partial charge in [0.2, 0.25) is 5.91 Å². The van der Waals surface area contributed by atoms with Gasteiger partial charge in [-0.1, -0.05) is 6.92 Å². The van der Waals surface area contributed by atoms with Crippen molar-refractivity contribution in [2.45, 2.75) is 19.8 Å². The molecular weight excluding hydrogens is 254 g/mol. The third kappa shape index (κ3) is 4.26. The first kappa shape index (κ1) is 14.4. The molecule has 20 heavy (non-hydrogen) atoms. The summed E-state index contributed by atoms with van der Waals surface area (Å²) in [6.07, 6.45) is 2.54. The Balaban J connectivity index is 1.69. The zero-order valence-electron chi connectivity index (χ0n) is 11.7. The van der Waals surface area contributed by atoms with E-state index in [1.54, 1.807) is 24.3 Å². The lowest BCUT2D eigenvalue weighted by Crippen LogP contribution is -2.38. The molecule has 5 heteroatoms. The van der Waals surface area contributed by atoms with E-state index in [1.807, 2.05) is 0 Å². The molecule has 2 amide bonds. The van der Waals surface area contributed by atoms with Crippen LogP contribution in [0.3, 0.4) is 0 Å². The topological polar surface area (TPSA) is 84.2 Å². The van der Waals surface area contributed by atoms with E-state index >= 15 is 0 Å². The molecular formula is C15H21N3O2. The van der Waals surface area contributed by atoms with E-state index in [-0.39, 0.29) is 18.4 Å². The molecule has 0 aliphatic heterocycles. The van der Waals surface area contributed by atoms with Crippen molar-refractivity contribution in [1.82, 2.24) is 10.6 Å². The summed E-state index contributed by atoms with van der Waals surface area (Å²) >= 11 is 0. The normalized spacial score (nSPS) is 15.4. The van der Waals surface area contributed by atoms with Gasteiger partial charge in [0.1, 0.15) is 0 Å². The lowest BCUT2D eigenvalue weighted by Gasteiger charge is -2.11. The van der Waals surface area contributed by atoms with Crippen LogP contribution in [0.5, 0.6) is 0 Å². The molecule has 0 heterocycles. The van der Waals surface area contributed by atoms with Gasteiger partial charge < -0.3 is 16.4 Å². The van der Waals surface area contributed by atoms with Gasteiger partial charge in [-0.05, 0) is 48.9 Å². The maximum Gasteiger partial charge on any atom is 0.251 e. The van der Waals surface area contributed by atoms with Crippen molar-refractivity contribution >= 4 is 17.5 Å². The molecule has 2 rings (SSSR count). The molecule has 0 bridgehead atoms. The molecule has 1 fully saturated rings. The highest BCUT2D eigenvalue weighted by molar-refractivity contribution is 5.96. The van der Waals surface area contributed by atoms with E-state index in [1.165, 1.54) is 12.8 Å². The predicted molar refractivity (Wildman–Crippen MR) is 78.1 cm³/mol. The molecule has 1 atom stereocenters. The number of hydrogen-bond donors (Lipinski definition) is 3. The third-order valence-corrected chi connectivity index (χ3v) is 3.63. The molecule has 1 aliphatic carbocycles. The van der Waals surface area contributed by atoms with Crippen LogP contribution in [0.15, 0.2) is 24.3 Å². The van der Waals surface area contributed by atoms with Crippen LogP contribution < -0.4 is 16.4 Å². The van der Waals surface area contributed by atoms with Crippen LogP contribution in [0.4, 0.5) is 5.69 Å². The lowest BCUT2D eigenvalue weighted by atomic mass is 10.1. The standard InChI is InChI=1S/C15H21N3O2/c1-10(11-2-3-11)8-17-14(19)9-18-15(20)12-4-6-13(16)7-5-12/h4-7,10-11H,2-3,8-9,16H2,1H3,(H,17,19)(H,18,20). The highest BCUT2D eigenvalue weighted by atomic mass is 16.2. The highest BCUT2D eigenvalue weighted by Crippen LogP contribution is 2.35. The van der Waals surface area contributed by atoms with Gasteiger partial charge in [0, 0.05) is 17.8 Å². The van der Waals surface area contributed by atoms with Crippen LogP contribution in [0.2, 0.25) is 0 Å². The summed E-state index contributed by atoms with van der Waals surface area (Å²) in [7, 11) is 0. The SMILES string of the molecule is CC(CNC(=O)CNC(=O)c1ccc(N)cc1)C1CC1. The molecule has 1 saturated carbocycles. The minimum absolute atomic E-state index is 0.000592. The molecule has 1 unspecified atom stereocenters. The fraction of sp³-hybridized carbons (Fsp3) is 0.467. The van der Waals surface area contributed by atoms with Crippen LogP contribution in [-0.4, -0.2) is 24.9 Å². The molecule has 0 aromatic heterocycles. The van der Waals surface area contributed by atoms with Crippen molar-refractivity contribution < 1.29 is 9.59 Å². The van der Waals surface area contributed by atoms with E-state index in [0.29, 0.717) is 23.7 Å². The van der Waals surface area contributed by atoms with Crippen molar-refractivity contribution in [3.63, 3.8) is 0 Å². The van der Waals surface area contributed by atoms with Gasteiger partial charge in [0.05, 0.1) is 6.54 Å². The zero-order chi connectivity index (χ0) is 14.5. The van der Waals surface area contributed by atoms with Gasteiger partial charge in [0.25, 0.3) is 5.91 Å². The Morgan fingerprint density at radius 1 is 1.25 bits per heavy atom. The Bertz CT molecular complexity index is 480. The second kappa shape index (κ2) is 6.41. The number of carbonyl (C=O) groups excluding carboxylic acids is 2. The van der Waals surface area contributed by atoms with E-state index in [4.69, 9.17) is 5.73 Å². The summed E-state index contributed by atoms with van der Waals surface area (Å²) < 4.78 is 0. The summed E-state index contributed by atoms with van der Waals surface area (Å²) in [4.78, 5) is 23.4. The average molecular weight is 275 g/mol. The molecule has 108 valence electrons. The zero-order valence-corrected chi connectivity index (χ0v) is 11.7. The first-order chi connectivity index (χ1) is 9.56. The number of nitrogen functional groups attached to an aromatic ring is 1. The van der Waals surface area contributed by atoms with E-state index in [0.717, 1.165) is 5.92 Å². The maximum atomic E-state index is 11.8. The van der Waals surface area contributed by atoms with Gasteiger partial charge in [-0.25, -0.2) is 0 Å². The molecule has 1 aromatic rings. The number of benzene rings is 1. The highest BCUT2D eigenvalue weighted by Gasteiger charge is 2.27. The van der Waals surface area contributed by atoms with Gasteiger partial charge in [-0.2, -0.15) is 0 Å². The molecule has 0 spiro atoms. The van der Waals surface area contributed by atoms with Crippen molar-refractivity contribution in [1.29, 1.82) is 0 Å². The van der Waals surface area contributed by atoms with Crippen molar-refractivity contribution in [3.8, 4) is 0 Å². The van der Waals surface area contributed by atoms with Crippen LogP contribution in [0.1, 0.15) is 30.1 Å². The molecule has 5 nitrogen and oxygen atoms in total. The number of carbonyl (C=O) groups is 2. The Hall–Kier alpha value is -2.04. The van der Waals surface area contributed by atoms with Gasteiger partial charge in [-0.3, -0.25) is 9.59 Å². The fourth-order valence-corrected chi connectivity index (χ4v) is 2.07. The monoisotopic (exact) mass is 275 g/mol. The Labute approximate surface area is 118 Å². The number of rotatable bonds is 6. The largest absolute Gasteiger partial charge is 0.399 e. The molecule has 4 N–H and O–H groups in total. The number of hydrogen-bond acceptors (Lipinski definition) is 3. The van der Waals surface area contributed by atoms with Crippen LogP contribution >= 0.6 is 0 Å². The molecule has 0 radical (unpaired) electrons. The van der Waals surface area contributed by atoms with Crippen molar-refractivity contribution in [2.24, 2.45) is 11.8 Å². The van der Waals surface area contributed by atoms with Crippen LogP contribution in [0, 0.1) is 11.8 Å². The summed E-state index contributed by atoms with van der Waals surface area (Å²) in [5.41, 5.74) is 6.65. The smallest absolute Gasteiger partial charge is 0.251 e. The van der Waals surface area contributed by atoms with Gasteiger partial charge in [0.15, 0.2) is 0 Å². The summed E-state index contributed by atoms with van der Waals surface area (Å²) in [5.74, 6) is 0.864. The van der Waals surface area contributed by atoms with Crippen LogP contribution in [0.25, 0.3) is 0 Å². The minimum Gasteiger partial charge on any atom is -0.399 e. The molecule has 1 aliphatic rings. The average Bonchev–Trinajstić information content (AvgIpc) is 3.27. The Kier molecular flexibility index (Phi) is 4.61. The van der Waals surface area contributed by atoms with E-state index in [9.17, 15) is 9.59 Å². The summed E-state index contributed by atoms with van der Waals surface area (Å²) in [5, 5.41) is 5.44. The maximum absolute atomic E-state index is 11.8. The van der Waals surface area contributed by atoms with Gasteiger partial charge in [-0.15, -0.1) is 0 Å². The summed E-state index contributed by atoms with van der Waals surface area (Å²) in [6.45, 7) is 2.83. The van der Waals surface area contributed by atoms with Crippen molar-refractivity contribution in [2.75, 3.05) is 18.8 Å². The first-order valence-corrected chi connectivity index (χ1v) is 6.96. The quantitative estimate of drug-likeness (QED) is 0.681. The fourth-order valence-electron chi connectivity index (χ4n) is 2.07. The van der Waals surface area contributed by atoms with E-state index < -0.39 is 0 Å². The third-order valence-electron chi connectivity index (χ3n) is 3.63. The second-order valence-electron chi connectivity index (χ2n) is 5.42. The number of amides is 2.